The molecule has 10 nitrogen and oxygen atoms in total. The maximum atomic E-state index is 13.6. The summed E-state index contributed by atoms with van der Waals surface area (Å²) in [6, 6.07) is 6.05. The van der Waals surface area contributed by atoms with E-state index in [0.717, 1.165) is 48.3 Å². The van der Waals surface area contributed by atoms with Crippen LogP contribution in [0.5, 0.6) is 11.5 Å². The number of phenols is 2. The van der Waals surface area contributed by atoms with E-state index in [1.807, 2.05) is 6.08 Å². The molecule has 4 aliphatic rings. The summed E-state index contributed by atoms with van der Waals surface area (Å²) in [4.78, 5) is 52.1. The number of ether oxygens (including phenoxy) is 2. The molecular formula is C57H82Cl2N2O8. The lowest BCUT2D eigenvalue weighted by Gasteiger charge is -2.61. The van der Waals surface area contributed by atoms with Gasteiger partial charge >= 0.3 is 11.9 Å². The Bertz CT molecular complexity index is 2140. The Morgan fingerprint density at radius 2 is 1.25 bits per heavy atom. The van der Waals surface area contributed by atoms with Crippen LogP contribution in [-0.4, -0.2) is 58.3 Å². The van der Waals surface area contributed by atoms with Crippen molar-refractivity contribution >= 4 is 52.5 Å². The normalized spacial score (nSPS) is 27.0. The van der Waals surface area contributed by atoms with Crippen LogP contribution < -0.4 is 10.6 Å². The van der Waals surface area contributed by atoms with Crippen molar-refractivity contribution in [2.24, 2.45) is 58.2 Å². The second kappa shape index (κ2) is 21.9. The number of hydrogen-bond acceptors (Lipinski definition) is 8. The van der Waals surface area contributed by atoms with Crippen LogP contribution >= 0.6 is 23.2 Å². The van der Waals surface area contributed by atoms with Gasteiger partial charge in [-0.3, -0.25) is 19.2 Å². The van der Waals surface area contributed by atoms with Gasteiger partial charge in [-0.25, -0.2) is 0 Å². The van der Waals surface area contributed by atoms with E-state index < -0.39 is 59.5 Å². The minimum Gasteiger partial charge on any atom is -0.506 e. The molecule has 0 aromatic heterocycles. The first kappa shape index (κ1) is 54.6. The van der Waals surface area contributed by atoms with Gasteiger partial charge in [0.1, 0.15) is 35.8 Å². The summed E-state index contributed by atoms with van der Waals surface area (Å²) in [5.74, 6) is 2.42. The van der Waals surface area contributed by atoms with Crippen LogP contribution in [0.1, 0.15) is 198 Å². The quantitative estimate of drug-likeness (QED) is 0.121. The highest BCUT2D eigenvalue weighted by molar-refractivity contribution is 6.33. The highest BCUT2D eigenvalue weighted by atomic mass is 35.5. The second-order valence-corrected chi connectivity index (χ2v) is 25.1. The molecule has 4 saturated carbocycles. The highest BCUT2D eigenvalue weighted by Gasteiger charge is 2.60. The third kappa shape index (κ3) is 13.0. The first-order valence-electron chi connectivity index (χ1n) is 26.0. The number of carbonyl (C=O) groups is 4. The molecule has 0 aliphatic heterocycles. The Labute approximate surface area is 422 Å². The summed E-state index contributed by atoms with van der Waals surface area (Å²) in [6.07, 6.45) is 19.5. The third-order valence-electron chi connectivity index (χ3n) is 16.8. The number of benzene rings is 2. The van der Waals surface area contributed by atoms with Gasteiger partial charge in [-0.1, -0.05) is 83.2 Å². The Morgan fingerprint density at radius 1 is 0.725 bits per heavy atom. The zero-order valence-corrected chi connectivity index (χ0v) is 44.9. The Hall–Kier alpha value is -3.76. The molecule has 4 fully saturated rings. The molecule has 0 saturated heterocycles. The SMILES string of the molecule is CC(C)CCCC(C)[C@H]1CC[C@H]2[C@@H]3CCC4C[C@@H](CCC=C(c5cc(Cl)c(O)c(C(=O)NCC(=O)OC(C)(C)C)c5)c5cc(Cl)c(O)c(C(=O)NCC(=O)OC(C)(C)C)c5)CC[C@]4(C)[C@H]3CC[C@]12C. The number of phenolic OH excluding ortho intramolecular Hbond substituents is 2. The molecule has 2 amide bonds. The Morgan fingerprint density at radius 3 is 1.77 bits per heavy atom. The van der Waals surface area contributed by atoms with Gasteiger partial charge in [0.25, 0.3) is 11.8 Å². The summed E-state index contributed by atoms with van der Waals surface area (Å²) in [5.41, 5.74) is 0.434. The molecule has 12 heteroatoms. The van der Waals surface area contributed by atoms with Gasteiger partial charge in [-0.2, -0.15) is 0 Å². The van der Waals surface area contributed by atoms with Crippen LogP contribution in [0.4, 0.5) is 0 Å². The van der Waals surface area contributed by atoms with Crippen molar-refractivity contribution < 1.29 is 38.9 Å². The third-order valence-corrected chi connectivity index (χ3v) is 17.3. The zero-order valence-electron chi connectivity index (χ0n) is 43.4. The van der Waals surface area contributed by atoms with Gasteiger partial charge in [-0.15, -0.1) is 0 Å². The summed E-state index contributed by atoms with van der Waals surface area (Å²) in [5, 5.41) is 27.0. The fourth-order valence-electron chi connectivity index (χ4n) is 13.6. The Balaban J connectivity index is 1.22. The van der Waals surface area contributed by atoms with E-state index in [-0.39, 0.29) is 21.2 Å². The van der Waals surface area contributed by atoms with Crippen LogP contribution in [0.2, 0.25) is 10.0 Å². The van der Waals surface area contributed by atoms with Crippen molar-refractivity contribution in [3.05, 3.63) is 62.6 Å². The molecule has 2 aromatic rings. The monoisotopic (exact) mass is 993 g/mol. The van der Waals surface area contributed by atoms with Gasteiger partial charge in [0.05, 0.1) is 21.2 Å². The van der Waals surface area contributed by atoms with E-state index >= 15 is 0 Å². The van der Waals surface area contributed by atoms with E-state index in [0.29, 0.717) is 45.8 Å². The van der Waals surface area contributed by atoms with Crippen LogP contribution in [0, 0.1) is 58.2 Å². The van der Waals surface area contributed by atoms with E-state index in [1.54, 1.807) is 41.5 Å². The van der Waals surface area contributed by atoms with Gasteiger partial charge in [0.15, 0.2) is 0 Å². The number of aromatic hydroxyl groups is 2. The van der Waals surface area contributed by atoms with Crippen molar-refractivity contribution in [2.75, 3.05) is 13.1 Å². The molecule has 2 aromatic carbocycles. The van der Waals surface area contributed by atoms with Crippen LogP contribution in [0.25, 0.3) is 5.57 Å². The van der Waals surface area contributed by atoms with E-state index in [1.165, 1.54) is 94.9 Å². The second-order valence-electron chi connectivity index (χ2n) is 24.3. The van der Waals surface area contributed by atoms with Crippen molar-refractivity contribution in [3.63, 3.8) is 0 Å². The summed E-state index contributed by atoms with van der Waals surface area (Å²) < 4.78 is 10.7. The number of rotatable bonds is 16. The molecule has 69 heavy (non-hydrogen) atoms. The van der Waals surface area contributed by atoms with Crippen molar-refractivity contribution in [3.8, 4) is 11.5 Å². The zero-order chi connectivity index (χ0) is 50.8. The molecule has 0 spiro atoms. The van der Waals surface area contributed by atoms with E-state index in [9.17, 15) is 29.4 Å². The molecule has 382 valence electrons. The van der Waals surface area contributed by atoms with E-state index in [2.05, 4.69) is 45.3 Å². The fourth-order valence-corrected chi connectivity index (χ4v) is 14.0. The lowest BCUT2D eigenvalue weighted by molar-refractivity contribution is -0.154. The van der Waals surface area contributed by atoms with Gasteiger partial charge in [0.2, 0.25) is 0 Å². The molecule has 0 radical (unpaired) electrons. The molecule has 4 aliphatic carbocycles. The number of amides is 2. The van der Waals surface area contributed by atoms with Crippen molar-refractivity contribution in [2.45, 2.75) is 177 Å². The van der Waals surface area contributed by atoms with Crippen LogP contribution in [-0.2, 0) is 19.1 Å². The number of hydrogen-bond donors (Lipinski definition) is 4. The number of fused-ring (bicyclic) bond motifs is 5. The number of nitrogens with one attached hydrogen (secondary N) is 2. The van der Waals surface area contributed by atoms with Gasteiger partial charge < -0.3 is 30.3 Å². The molecule has 0 bridgehead atoms. The summed E-state index contributed by atoms with van der Waals surface area (Å²) >= 11 is 13.3. The minimum absolute atomic E-state index is 0.101. The van der Waals surface area contributed by atoms with Gasteiger partial charge in [0, 0.05) is 0 Å². The van der Waals surface area contributed by atoms with E-state index in [4.69, 9.17) is 32.7 Å². The molecule has 0 heterocycles. The van der Waals surface area contributed by atoms with Crippen LogP contribution in [0.15, 0.2) is 30.3 Å². The minimum atomic E-state index is -0.761. The summed E-state index contributed by atoms with van der Waals surface area (Å²) in [6.45, 7) is 22.1. The first-order valence-corrected chi connectivity index (χ1v) is 26.7. The number of allylic oxidation sites excluding steroid dienone is 1. The van der Waals surface area contributed by atoms with Crippen molar-refractivity contribution in [1.82, 2.24) is 10.6 Å². The largest absolute Gasteiger partial charge is 0.506 e. The summed E-state index contributed by atoms with van der Waals surface area (Å²) in [7, 11) is 0. The molecule has 6 rings (SSSR count). The fraction of sp³-hybridized carbons (Fsp3) is 0.684. The Kier molecular flexibility index (Phi) is 17.3. The number of halogens is 2. The maximum Gasteiger partial charge on any atom is 0.325 e. The molecular weight excluding hydrogens is 912 g/mol. The molecule has 9 atom stereocenters. The highest BCUT2D eigenvalue weighted by Crippen LogP contribution is 2.69. The number of carbonyl (C=O) groups excluding carboxylic acids is 4. The maximum absolute atomic E-state index is 13.6. The predicted octanol–water partition coefficient (Wildman–Crippen LogP) is 13.5. The molecule has 2 unspecified atom stereocenters. The average Bonchev–Trinajstić information content (AvgIpc) is 3.61. The lowest BCUT2D eigenvalue weighted by atomic mass is 9.44. The predicted molar refractivity (Wildman–Crippen MR) is 275 cm³/mol. The average molecular weight is 994 g/mol. The smallest absolute Gasteiger partial charge is 0.325 e. The standard InChI is InChI=1S/C57H82Cl2N2O8/c1-33(2)14-12-15-34(3)43-20-21-44-40-19-18-38-26-35(22-24-56(38,10)45(40)23-25-57(43,44)11)16-13-17-39(36-27-41(50(64)46(58)29-36)52(66)60-31-48(62)68-54(4,5)6)37-28-42(51(65)47(59)30-37)53(67)61-32-49(63)69-55(7,8)9/h17,27-30,33-35,38,40,43-45,64-65H,12-16,18-26,31-32H2,1-11H3,(H,60,66)(H,61,67)/t34?,35-,38?,40-,43+,44-,45-,56-,57+/m0/s1. The lowest BCUT2D eigenvalue weighted by Crippen LogP contribution is -2.53. The first-order chi connectivity index (χ1) is 32.2. The van der Waals surface area contributed by atoms with Crippen LogP contribution in [0.3, 0.4) is 0 Å². The number of esters is 2. The van der Waals surface area contributed by atoms with Crippen molar-refractivity contribution in [1.29, 1.82) is 0 Å². The molecule has 4 N–H and O–H groups in total. The topological polar surface area (TPSA) is 151 Å². The van der Waals surface area contributed by atoms with Gasteiger partial charge in [-0.05, 0) is 211 Å².